The second kappa shape index (κ2) is 6.51. The van der Waals surface area contributed by atoms with Crippen LogP contribution in [0.5, 0.6) is 0 Å². The second-order valence-electron chi connectivity index (χ2n) is 5.60. The lowest BCUT2D eigenvalue weighted by atomic mass is 9.79. The fourth-order valence-electron chi connectivity index (χ4n) is 2.78. The SMILES string of the molecule is CCCNC(c1cccc(C2CCC2)c1)c1cscn1. The van der Waals surface area contributed by atoms with E-state index < -0.39 is 0 Å². The molecule has 0 amide bonds. The van der Waals surface area contributed by atoms with Crippen molar-refractivity contribution in [2.45, 2.75) is 44.6 Å². The fourth-order valence-corrected chi connectivity index (χ4v) is 3.36. The largest absolute Gasteiger partial charge is 0.305 e. The number of hydrogen-bond donors (Lipinski definition) is 1. The van der Waals surface area contributed by atoms with Crippen LogP contribution in [0.3, 0.4) is 0 Å². The van der Waals surface area contributed by atoms with E-state index in [1.807, 2.05) is 5.51 Å². The molecule has 3 heteroatoms. The van der Waals surface area contributed by atoms with Gasteiger partial charge >= 0.3 is 0 Å². The van der Waals surface area contributed by atoms with Gasteiger partial charge in [-0.1, -0.05) is 37.6 Å². The molecule has 1 unspecified atom stereocenters. The molecule has 1 N–H and O–H groups in total. The zero-order valence-electron chi connectivity index (χ0n) is 12.0. The summed E-state index contributed by atoms with van der Waals surface area (Å²) < 4.78 is 0. The van der Waals surface area contributed by atoms with Crippen LogP contribution < -0.4 is 5.32 Å². The maximum absolute atomic E-state index is 4.51. The first-order chi connectivity index (χ1) is 9.88. The third kappa shape index (κ3) is 2.94. The molecule has 0 bridgehead atoms. The number of thiazole rings is 1. The molecule has 0 radical (unpaired) electrons. The van der Waals surface area contributed by atoms with Gasteiger partial charge in [-0.25, -0.2) is 4.98 Å². The summed E-state index contributed by atoms with van der Waals surface area (Å²) in [5.41, 5.74) is 5.93. The molecular weight excluding hydrogens is 264 g/mol. The summed E-state index contributed by atoms with van der Waals surface area (Å²) in [5, 5.41) is 5.79. The quantitative estimate of drug-likeness (QED) is 0.845. The van der Waals surface area contributed by atoms with Gasteiger partial charge in [-0.05, 0) is 42.9 Å². The van der Waals surface area contributed by atoms with E-state index in [4.69, 9.17) is 0 Å². The average Bonchev–Trinajstić information content (AvgIpc) is 2.92. The molecule has 0 aliphatic heterocycles. The van der Waals surface area contributed by atoms with Crippen molar-refractivity contribution in [2.24, 2.45) is 0 Å². The molecule has 2 aromatic rings. The smallest absolute Gasteiger partial charge is 0.0795 e. The van der Waals surface area contributed by atoms with Crippen LogP contribution in [0, 0.1) is 0 Å². The minimum atomic E-state index is 0.237. The third-order valence-electron chi connectivity index (χ3n) is 4.17. The lowest BCUT2D eigenvalue weighted by Crippen LogP contribution is -2.23. The molecule has 0 saturated heterocycles. The van der Waals surface area contributed by atoms with Crippen LogP contribution in [0.1, 0.15) is 61.4 Å². The monoisotopic (exact) mass is 286 g/mol. The molecule has 1 aliphatic rings. The van der Waals surface area contributed by atoms with Crippen molar-refractivity contribution < 1.29 is 0 Å². The van der Waals surface area contributed by atoms with Gasteiger partial charge in [0.05, 0.1) is 17.2 Å². The minimum Gasteiger partial charge on any atom is -0.305 e. The van der Waals surface area contributed by atoms with Crippen LogP contribution in [-0.2, 0) is 0 Å². The standard InChI is InChI=1S/C17H22N2S/c1-2-9-18-17(16-11-20-12-19-16)15-8-4-7-14(10-15)13-5-3-6-13/h4,7-8,10-13,17-18H,2-3,5-6,9H2,1H3. The number of aromatic nitrogens is 1. The Hall–Kier alpha value is -1.19. The Labute approximate surface area is 125 Å². The Morgan fingerprint density at radius 1 is 1.40 bits per heavy atom. The van der Waals surface area contributed by atoms with Crippen molar-refractivity contribution in [3.63, 3.8) is 0 Å². The molecule has 106 valence electrons. The first-order valence-corrected chi connectivity index (χ1v) is 8.54. The summed E-state index contributed by atoms with van der Waals surface area (Å²) in [6, 6.07) is 9.34. The molecule has 1 saturated carbocycles. The fraction of sp³-hybridized carbons (Fsp3) is 0.471. The average molecular weight is 286 g/mol. The molecular formula is C17H22N2S. The topological polar surface area (TPSA) is 24.9 Å². The first kappa shape index (κ1) is 13.8. The van der Waals surface area contributed by atoms with Gasteiger partial charge in [-0.15, -0.1) is 11.3 Å². The van der Waals surface area contributed by atoms with Gasteiger partial charge in [0.15, 0.2) is 0 Å². The summed E-state index contributed by atoms with van der Waals surface area (Å²) in [7, 11) is 0. The van der Waals surface area contributed by atoms with Gasteiger partial charge in [-0.3, -0.25) is 0 Å². The van der Waals surface area contributed by atoms with E-state index >= 15 is 0 Å². The number of rotatable bonds is 6. The highest BCUT2D eigenvalue weighted by Crippen LogP contribution is 2.37. The molecule has 20 heavy (non-hydrogen) atoms. The van der Waals surface area contributed by atoms with Crippen LogP contribution >= 0.6 is 11.3 Å². The number of nitrogens with zero attached hydrogens (tertiary/aromatic N) is 1. The minimum absolute atomic E-state index is 0.237. The molecule has 1 aliphatic carbocycles. The maximum atomic E-state index is 4.51. The molecule has 1 fully saturated rings. The second-order valence-corrected chi connectivity index (χ2v) is 6.32. The van der Waals surface area contributed by atoms with Gasteiger partial charge in [0.1, 0.15) is 0 Å². The van der Waals surface area contributed by atoms with Crippen LogP contribution in [0.2, 0.25) is 0 Å². The van der Waals surface area contributed by atoms with Crippen molar-refractivity contribution in [1.82, 2.24) is 10.3 Å². The van der Waals surface area contributed by atoms with E-state index in [-0.39, 0.29) is 6.04 Å². The molecule has 1 aromatic carbocycles. The molecule has 2 nitrogen and oxygen atoms in total. The van der Waals surface area contributed by atoms with E-state index in [0.717, 1.165) is 24.6 Å². The molecule has 1 aromatic heterocycles. The summed E-state index contributed by atoms with van der Waals surface area (Å²) in [6.07, 6.45) is 5.24. The highest BCUT2D eigenvalue weighted by atomic mass is 32.1. The zero-order chi connectivity index (χ0) is 13.8. The van der Waals surface area contributed by atoms with Crippen molar-refractivity contribution in [2.75, 3.05) is 6.54 Å². The predicted octanol–water partition coefficient (Wildman–Crippen LogP) is 4.50. The number of nitrogens with one attached hydrogen (secondary N) is 1. The van der Waals surface area contributed by atoms with Gasteiger partial charge in [0.2, 0.25) is 0 Å². The van der Waals surface area contributed by atoms with Gasteiger partial charge < -0.3 is 5.32 Å². The summed E-state index contributed by atoms with van der Waals surface area (Å²) >= 11 is 1.67. The van der Waals surface area contributed by atoms with Gasteiger partial charge in [-0.2, -0.15) is 0 Å². The van der Waals surface area contributed by atoms with E-state index in [1.165, 1.54) is 30.4 Å². The lowest BCUT2D eigenvalue weighted by Gasteiger charge is -2.27. The predicted molar refractivity (Wildman–Crippen MR) is 85.3 cm³/mol. The Balaban J connectivity index is 1.86. The normalized spacial score (nSPS) is 16.9. The zero-order valence-corrected chi connectivity index (χ0v) is 12.8. The Bertz CT molecular complexity index is 532. The van der Waals surface area contributed by atoms with Gasteiger partial charge in [0, 0.05) is 5.38 Å². The lowest BCUT2D eigenvalue weighted by molar-refractivity contribution is 0.419. The Morgan fingerprint density at radius 3 is 2.95 bits per heavy atom. The summed E-state index contributed by atoms with van der Waals surface area (Å²) in [5.74, 6) is 0.789. The highest BCUT2D eigenvalue weighted by molar-refractivity contribution is 7.07. The van der Waals surface area contributed by atoms with Crippen LogP contribution in [-0.4, -0.2) is 11.5 Å². The van der Waals surface area contributed by atoms with E-state index in [9.17, 15) is 0 Å². The van der Waals surface area contributed by atoms with E-state index in [1.54, 1.807) is 11.3 Å². The van der Waals surface area contributed by atoms with Crippen LogP contribution in [0.15, 0.2) is 35.2 Å². The molecule has 1 atom stereocenters. The number of benzene rings is 1. The highest BCUT2D eigenvalue weighted by Gasteiger charge is 2.21. The maximum Gasteiger partial charge on any atom is 0.0795 e. The summed E-state index contributed by atoms with van der Waals surface area (Å²) in [4.78, 5) is 4.51. The summed E-state index contributed by atoms with van der Waals surface area (Å²) in [6.45, 7) is 3.23. The number of hydrogen-bond acceptors (Lipinski definition) is 3. The Kier molecular flexibility index (Phi) is 4.48. The molecule has 1 heterocycles. The van der Waals surface area contributed by atoms with E-state index in [2.05, 4.69) is 46.9 Å². The molecule has 0 spiro atoms. The molecule has 3 rings (SSSR count). The van der Waals surface area contributed by atoms with Crippen molar-refractivity contribution in [3.05, 3.63) is 52.0 Å². The van der Waals surface area contributed by atoms with Crippen molar-refractivity contribution in [1.29, 1.82) is 0 Å². The van der Waals surface area contributed by atoms with Crippen molar-refractivity contribution >= 4 is 11.3 Å². The first-order valence-electron chi connectivity index (χ1n) is 7.60. The van der Waals surface area contributed by atoms with E-state index in [0.29, 0.717) is 0 Å². The van der Waals surface area contributed by atoms with Gasteiger partial charge in [0.25, 0.3) is 0 Å². The Morgan fingerprint density at radius 2 is 2.30 bits per heavy atom. The van der Waals surface area contributed by atoms with Crippen LogP contribution in [0.25, 0.3) is 0 Å². The van der Waals surface area contributed by atoms with Crippen LogP contribution in [0.4, 0.5) is 0 Å². The van der Waals surface area contributed by atoms with Crippen molar-refractivity contribution in [3.8, 4) is 0 Å². The third-order valence-corrected chi connectivity index (χ3v) is 4.77.